The molecule has 1 unspecified atom stereocenters. The van der Waals surface area contributed by atoms with Crippen molar-refractivity contribution in [3.8, 4) is 5.75 Å². The van der Waals surface area contributed by atoms with E-state index >= 15 is 0 Å². The highest BCUT2D eigenvalue weighted by molar-refractivity contribution is 5.68. The van der Waals surface area contributed by atoms with Gasteiger partial charge in [0.25, 0.3) is 0 Å². The molecule has 14 nitrogen and oxygen atoms in total. The first-order valence-corrected chi connectivity index (χ1v) is 12.9. The summed E-state index contributed by atoms with van der Waals surface area (Å²) in [5, 5.41) is 91.9. The van der Waals surface area contributed by atoms with Gasteiger partial charge in [-0.05, 0) is 37.3 Å². The van der Waals surface area contributed by atoms with Crippen molar-refractivity contribution >= 4 is 5.76 Å². The summed E-state index contributed by atoms with van der Waals surface area (Å²) in [5.41, 5.74) is 0.628. The fourth-order valence-electron chi connectivity index (χ4n) is 4.84. The molecular weight excluding hydrogens is 548 g/mol. The van der Waals surface area contributed by atoms with Gasteiger partial charge < -0.3 is 69.6 Å². The summed E-state index contributed by atoms with van der Waals surface area (Å²) in [4.78, 5) is 0. The van der Waals surface area contributed by atoms with E-state index in [1.165, 1.54) is 43.3 Å². The van der Waals surface area contributed by atoms with Crippen molar-refractivity contribution in [2.75, 3.05) is 6.61 Å². The number of rotatable bonds is 6. The van der Waals surface area contributed by atoms with Gasteiger partial charge in [0.15, 0.2) is 17.8 Å². The summed E-state index contributed by atoms with van der Waals surface area (Å²) in [6.45, 7) is 0.979. The van der Waals surface area contributed by atoms with Gasteiger partial charge in [0, 0.05) is 23.3 Å². The average Bonchev–Trinajstić information content (AvgIpc) is 2.94. The number of hydrogen-bond donors (Lipinski definition) is 9. The van der Waals surface area contributed by atoms with Crippen molar-refractivity contribution < 1.29 is 69.6 Å². The topological polar surface area (TPSA) is 228 Å². The normalized spacial score (nSPS) is 39.2. The van der Waals surface area contributed by atoms with Crippen molar-refractivity contribution in [3.05, 3.63) is 70.9 Å². The highest BCUT2D eigenvalue weighted by atomic mass is 16.7. The minimum Gasteiger partial charge on any atom is -0.508 e. The molecule has 0 spiro atoms. The predicted octanol–water partition coefficient (Wildman–Crippen LogP) is -1.05. The molecule has 3 aliphatic heterocycles. The SMILES string of the molecule is C[C@@H]1O[C@@H](OC[C@H]2O[C@@H](OC3=C(c4ccc(O)cc4)OC4C=C(O)C=C(O)C4=C3)[C@H](O)[C@@H](O)[C@@H]2O)[C@H](O)[C@H](O)[C@H]1O. The monoisotopic (exact) mass is 580 g/mol. The number of phenols is 1. The van der Waals surface area contributed by atoms with Crippen LogP contribution in [0.1, 0.15) is 12.5 Å². The van der Waals surface area contributed by atoms with Gasteiger partial charge in [-0.1, -0.05) is 0 Å². The molecule has 0 saturated carbocycles. The van der Waals surface area contributed by atoms with Gasteiger partial charge in [0.1, 0.15) is 66.1 Å². The maximum absolute atomic E-state index is 10.7. The van der Waals surface area contributed by atoms with Crippen molar-refractivity contribution in [3.63, 3.8) is 0 Å². The maximum Gasteiger partial charge on any atom is 0.229 e. The number of aliphatic hydroxyl groups is 8. The average molecular weight is 581 g/mol. The molecule has 11 atom stereocenters. The quantitative estimate of drug-likeness (QED) is 0.196. The predicted molar refractivity (Wildman–Crippen MR) is 135 cm³/mol. The number of hydrogen-bond acceptors (Lipinski definition) is 14. The standard InChI is InChI=1S/C27H32O14/c1-10-19(31)21(33)23(35)26(38-10)37-9-18-20(32)22(34)24(36)27(41-18)40-17-8-14-15(30)6-13(29)7-16(14)39-25(17)11-2-4-12(28)5-3-11/h2-8,10,16,18-24,26-36H,9H2,1H3/t10-,16?,18+,19-,20+,21+,22-,23+,24+,26+,27+/m0/s1. The fourth-order valence-corrected chi connectivity index (χ4v) is 4.84. The van der Waals surface area contributed by atoms with Gasteiger partial charge in [-0.25, -0.2) is 0 Å². The van der Waals surface area contributed by atoms with Crippen molar-refractivity contribution in [2.24, 2.45) is 0 Å². The lowest BCUT2D eigenvalue weighted by molar-refractivity contribution is -0.323. The second-order valence-corrected chi connectivity index (χ2v) is 10.1. The summed E-state index contributed by atoms with van der Waals surface area (Å²) in [7, 11) is 0. The lowest BCUT2D eigenvalue weighted by Gasteiger charge is -2.42. The Hall–Kier alpha value is -3.18. The van der Waals surface area contributed by atoms with E-state index in [-0.39, 0.29) is 34.4 Å². The molecule has 0 radical (unpaired) electrons. The Kier molecular flexibility index (Phi) is 8.29. The van der Waals surface area contributed by atoms with Crippen LogP contribution in [0.15, 0.2) is 65.3 Å². The molecule has 14 heteroatoms. The van der Waals surface area contributed by atoms with Crippen LogP contribution < -0.4 is 0 Å². The van der Waals surface area contributed by atoms with Crippen LogP contribution >= 0.6 is 0 Å². The Balaban J connectivity index is 1.38. The van der Waals surface area contributed by atoms with Crippen LogP contribution in [0.2, 0.25) is 0 Å². The molecule has 0 aromatic heterocycles. The highest BCUT2D eigenvalue weighted by Crippen LogP contribution is 2.38. The molecule has 4 aliphatic rings. The molecule has 5 rings (SSSR count). The number of benzene rings is 1. The molecule has 0 amide bonds. The zero-order chi connectivity index (χ0) is 29.6. The second-order valence-electron chi connectivity index (χ2n) is 10.1. The number of aromatic hydroxyl groups is 1. The van der Waals surface area contributed by atoms with Crippen LogP contribution in [-0.4, -0.2) is 120 Å². The van der Waals surface area contributed by atoms with Gasteiger partial charge in [0.2, 0.25) is 6.29 Å². The van der Waals surface area contributed by atoms with Crippen LogP contribution in [0, 0.1) is 0 Å². The molecular formula is C27H32O14. The second kappa shape index (κ2) is 11.6. The summed E-state index contributed by atoms with van der Waals surface area (Å²) >= 11 is 0. The first-order chi connectivity index (χ1) is 19.4. The Morgan fingerprint density at radius 2 is 1.41 bits per heavy atom. The van der Waals surface area contributed by atoms with Crippen molar-refractivity contribution in [2.45, 2.75) is 74.4 Å². The Morgan fingerprint density at radius 3 is 2.12 bits per heavy atom. The molecule has 1 aromatic rings. The highest BCUT2D eigenvalue weighted by Gasteiger charge is 2.48. The summed E-state index contributed by atoms with van der Waals surface area (Å²) in [5.74, 6) is -0.522. The Labute approximate surface area is 233 Å². The molecule has 224 valence electrons. The third kappa shape index (κ3) is 5.79. The number of aliphatic hydroxyl groups excluding tert-OH is 8. The molecule has 3 heterocycles. The summed E-state index contributed by atoms with van der Waals surface area (Å²) in [6.07, 6.45) is -12.0. The summed E-state index contributed by atoms with van der Waals surface area (Å²) in [6, 6.07) is 5.83. The van der Waals surface area contributed by atoms with E-state index in [9.17, 15) is 46.0 Å². The lowest BCUT2D eigenvalue weighted by Crippen LogP contribution is -2.61. The Bertz CT molecular complexity index is 1240. The lowest BCUT2D eigenvalue weighted by atomic mass is 9.96. The van der Waals surface area contributed by atoms with Crippen LogP contribution in [0.5, 0.6) is 5.75 Å². The van der Waals surface area contributed by atoms with Crippen LogP contribution in [0.4, 0.5) is 0 Å². The number of allylic oxidation sites excluding steroid dienone is 2. The molecule has 1 aliphatic carbocycles. The summed E-state index contributed by atoms with van der Waals surface area (Å²) < 4.78 is 28.5. The van der Waals surface area contributed by atoms with E-state index in [0.717, 1.165) is 6.08 Å². The van der Waals surface area contributed by atoms with E-state index in [1.807, 2.05) is 0 Å². The van der Waals surface area contributed by atoms with E-state index in [4.69, 9.17) is 23.7 Å². The van der Waals surface area contributed by atoms with E-state index in [2.05, 4.69) is 0 Å². The molecule has 1 aromatic carbocycles. The molecule has 2 saturated heterocycles. The maximum atomic E-state index is 10.7. The minimum atomic E-state index is -1.77. The van der Waals surface area contributed by atoms with Crippen LogP contribution in [0.3, 0.4) is 0 Å². The third-order valence-corrected chi connectivity index (χ3v) is 7.24. The minimum absolute atomic E-state index is 0.0193. The smallest absolute Gasteiger partial charge is 0.229 e. The Morgan fingerprint density at radius 1 is 0.756 bits per heavy atom. The van der Waals surface area contributed by atoms with Crippen molar-refractivity contribution in [1.29, 1.82) is 0 Å². The van der Waals surface area contributed by atoms with Crippen LogP contribution in [-0.2, 0) is 23.7 Å². The van der Waals surface area contributed by atoms with Crippen LogP contribution in [0.25, 0.3) is 5.76 Å². The zero-order valence-corrected chi connectivity index (χ0v) is 21.7. The van der Waals surface area contributed by atoms with Gasteiger partial charge in [-0.2, -0.15) is 0 Å². The van der Waals surface area contributed by atoms with Crippen molar-refractivity contribution in [1.82, 2.24) is 0 Å². The van der Waals surface area contributed by atoms with Gasteiger partial charge in [0.05, 0.1) is 12.7 Å². The molecule has 2 fully saturated rings. The molecule has 0 bridgehead atoms. The van der Waals surface area contributed by atoms with E-state index in [1.54, 1.807) is 0 Å². The van der Waals surface area contributed by atoms with Gasteiger partial charge in [-0.3, -0.25) is 0 Å². The number of fused-ring (bicyclic) bond motifs is 1. The zero-order valence-electron chi connectivity index (χ0n) is 21.7. The first-order valence-electron chi connectivity index (χ1n) is 12.9. The third-order valence-electron chi connectivity index (χ3n) is 7.24. The molecule has 41 heavy (non-hydrogen) atoms. The fraction of sp³-hybridized carbons (Fsp3) is 0.481. The number of phenolic OH excluding ortho intramolecular Hbond substituents is 1. The molecule has 9 N–H and O–H groups in total. The van der Waals surface area contributed by atoms with Gasteiger partial charge in [-0.15, -0.1) is 0 Å². The van der Waals surface area contributed by atoms with E-state index < -0.39 is 74.1 Å². The van der Waals surface area contributed by atoms with Gasteiger partial charge >= 0.3 is 0 Å². The first kappa shape index (κ1) is 29.3. The van der Waals surface area contributed by atoms with E-state index in [0.29, 0.717) is 5.56 Å². The number of ether oxygens (including phenoxy) is 5. The largest absolute Gasteiger partial charge is 0.508 e.